The monoisotopic (exact) mass is 241 g/mol. The molecule has 0 aromatic carbocycles. The van der Waals surface area contributed by atoms with Crippen molar-refractivity contribution < 1.29 is 32.1 Å². The molecule has 0 aromatic heterocycles. The first kappa shape index (κ1) is 19.0. The van der Waals surface area contributed by atoms with Gasteiger partial charge >= 0.3 is 27.7 Å². The Hall–Kier alpha value is 0.654. The average molecular weight is 241 g/mol. The van der Waals surface area contributed by atoms with Crippen molar-refractivity contribution in [1.82, 2.24) is 0 Å². The van der Waals surface area contributed by atoms with E-state index in [0.717, 1.165) is 25.6 Å². The van der Waals surface area contributed by atoms with Gasteiger partial charge in [0.15, 0.2) is 0 Å². The smallest absolute Gasteiger partial charge is 0.662 e. The predicted octanol–water partition coefficient (Wildman–Crippen LogP) is -0.568. The fourth-order valence-electron chi connectivity index (χ4n) is 1.35. The van der Waals surface area contributed by atoms with Crippen LogP contribution in [0.25, 0.3) is 5.32 Å². The van der Waals surface area contributed by atoms with Crippen LogP contribution < -0.4 is 18.9 Å². The quantitative estimate of drug-likeness (QED) is 0.380. The van der Waals surface area contributed by atoms with E-state index in [1.165, 1.54) is 12.8 Å². The summed E-state index contributed by atoms with van der Waals surface area (Å²) in [6, 6.07) is 0.839. The summed E-state index contributed by atoms with van der Waals surface area (Å²) in [5.74, 6) is 0. The van der Waals surface area contributed by atoms with E-state index in [1.807, 2.05) is 0 Å². The molecule has 0 atom stereocenters. The normalized spacial score (nSPS) is 11.2. The zero-order valence-corrected chi connectivity index (χ0v) is 12.4. The Kier molecular flexibility index (Phi) is 14.4. The van der Waals surface area contributed by atoms with Crippen molar-refractivity contribution in [2.45, 2.75) is 32.2 Å². The maximum absolute atomic E-state index is 5.32. The summed E-state index contributed by atoms with van der Waals surface area (Å²) in [6.45, 7) is 4.02. The molecule has 0 spiro atoms. The molecule has 92 valence electrons. The molecule has 0 radical (unpaired) electrons. The van der Waals surface area contributed by atoms with Crippen LogP contribution in [0.2, 0.25) is 6.04 Å². The summed E-state index contributed by atoms with van der Waals surface area (Å²) in [6.07, 6.45) is 3.36. The first-order valence-electron chi connectivity index (χ1n) is 5.53. The van der Waals surface area contributed by atoms with Gasteiger partial charge in [-0.3, -0.25) is 0 Å². The molecule has 0 aliphatic heterocycles. The molecule has 0 saturated heterocycles. The number of nitrogens with zero attached hydrogens (tertiary/aromatic N) is 1. The van der Waals surface area contributed by atoms with Gasteiger partial charge in [-0.05, 0) is 0 Å². The van der Waals surface area contributed by atoms with Crippen molar-refractivity contribution in [3.63, 3.8) is 0 Å². The zero-order valence-electron chi connectivity index (χ0n) is 11.4. The van der Waals surface area contributed by atoms with Gasteiger partial charge in [-0.15, -0.1) is 13.1 Å². The minimum Gasteiger partial charge on any atom is -0.662 e. The molecule has 0 fully saturated rings. The predicted molar refractivity (Wildman–Crippen MR) is 64.2 cm³/mol. The third-order valence-corrected chi connectivity index (χ3v) is 5.23. The Balaban J connectivity index is 0. The minimum absolute atomic E-state index is 0. The van der Waals surface area contributed by atoms with E-state index in [2.05, 4.69) is 12.2 Å². The van der Waals surface area contributed by atoms with Crippen LogP contribution in [-0.4, -0.2) is 43.2 Å². The van der Waals surface area contributed by atoms with Gasteiger partial charge in [0.2, 0.25) is 0 Å². The molecule has 0 heterocycles. The molecule has 0 unspecified atom stereocenters. The molecule has 0 aliphatic rings. The molecular weight excluding hydrogens is 217 g/mol. The van der Waals surface area contributed by atoms with Gasteiger partial charge in [0, 0.05) is 27.4 Å². The summed E-state index contributed by atoms with van der Waals surface area (Å²) in [5.41, 5.74) is 0. The summed E-state index contributed by atoms with van der Waals surface area (Å²) < 4.78 is 16.0. The first-order valence-corrected chi connectivity index (χ1v) is 7.46. The summed E-state index contributed by atoms with van der Waals surface area (Å²) in [5, 5.41) is 4.42. The van der Waals surface area contributed by atoms with Gasteiger partial charge < -0.3 is 18.6 Å². The van der Waals surface area contributed by atoms with Crippen molar-refractivity contribution in [3.05, 3.63) is 5.32 Å². The Morgan fingerprint density at radius 3 is 1.88 bits per heavy atom. The van der Waals surface area contributed by atoms with E-state index in [1.54, 1.807) is 21.3 Å². The number of unbranched alkanes of at least 4 members (excludes halogenated alkanes) is 1. The van der Waals surface area contributed by atoms with Crippen LogP contribution in [-0.2, 0) is 13.3 Å². The van der Waals surface area contributed by atoms with E-state index in [0.29, 0.717) is 0 Å². The summed E-state index contributed by atoms with van der Waals surface area (Å²) in [4.78, 5) is 0. The SMILES string of the molecule is CCCC[N-]CCC[Si](OC)(OC)OC.[Li+]. The fourth-order valence-corrected chi connectivity index (χ4v) is 3.05. The number of hydrogen-bond acceptors (Lipinski definition) is 3. The Morgan fingerprint density at radius 1 is 0.938 bits per heavy atom. The molecular formula is C10H24LiNO3Si. The maximum Gasteiger partial charge on any atom is 1.00 e. The molecule has 0 bridgehead atoms. The van der Waals surface area contributed by atoms with Gasteiger partial charge in [0.1, 0.15) is 0 Å². The van der Waals surface area contributed by atoms with Gasteiger partial charge in [0.05, 0.1) is 0 Å². The third kappa shape index (κ3) is 7.85. The standard InChI is InChI=1S/C10H24NO3Si.Li/c1-5-6-8-11-9-7-10-15(12-2,13-3)14-4;/h5-10H2,1-4H3;/q-1;+1. The van der Waals surface area contributed by atoms with Gasteiger partial charge in [-0.2, -0.15) is 0 Å². The van der Waals surface area contributed by atoms with E-state index >= 15 is 0 Å². The molecule has 0 rings (SSSR count). The summed E-state index contributed by atoms with van der Waals surface area (Å²) in [7, 11) is 2.59. The van der Waals surface area contributed by atoms with Gasteiger partial charge in [-0.1, -0.05) is 26.2 Å². The molecule has 16 heavy (non-hydrogen) atoms. The van der Waals surface area contributed by atoms with Crippen LogP contribution in [0.4, 0.5) is 0 Å². The van der Waals surface area contributed by atoms with Crippen molar-refractivity contribution in [3.8, 4) is 0 Å². The van der Waals surface area contributed by atoms with E-state index in [9.17, 15) is 0 Å². The van der Waals surface area contributed by atoms with Crippen molar-refractivity contribution in [1.29, 1.82) is 0 Å². The van der Waals surface area contributed by atoms with Gasteiger partial charge in [-0.25, -0.2) is 0 Å². The Morgan fingerprint density at radius 2 is 1.44 bits per heavy atom. The molecule has 4 nitrogen and oxygen atoms in total. The van der Waals surface area contributed by atoms with Crippen LogP contribution in [0, 0.1) is 0 Å². The molecule has 0 saturated carbocycles. The molecule has 0 N–H and O–H groups in total. The number of hydrogen-bond donors (Lipinski definition) is 0. The third-order valence-electron chi connectivity index (χ3n) is 2.40. The average Bonchev–Trinajstić information content (AvgIpc) is 2.29. The van der Waals surface area contributed by atoms with Crippen LogP contribution >= 0.6 is 0 Å². The Labute approximate surface area is 113 Å². The second-order valence-electron chi connectivity index (χ2n) is 3.42. The zero-order chi connectivity index (χ0) is 11.6. The van der Waals surface area contributed by atoms with Crippen LogP contribution in [0.5, 0.6) is 0 Å². The number of rotatable bonds is 10. The molecule has 0 amide bonds. The summed E-state index contributed by atoms with van der Waals surface area (Å²) >= 11 is 0. The molecule has 0 aromatic rings. The van der Waals surface area contributed by atoms with Crippen molar-refractivity contribution in [2.24, 2.45) is 0 Å². The first-order chi connectivity index (χ1) is 7.24. The van der Waals surface area contributed by atoms with Crippen LogP contribution in [0.1, 0.15) is 26.2 Å². The van der Waals surface area contributed by atoms with E-state index < -0.39 is 8.80 Å². The Bertz CT molecular complexity index is 140. The van der Waals surface area contributed by atoms with E-state index in [4.69, 9.17) is 13.3 Å². The fraction of sp³-hybridized carbons (Fsp3) is 1.00. The van der Waals surface area contributed by atoms with Crippen molar-refractivity contribution in [2.75, 3.05) is 34.4 Å². The second-order valence-corrected chi connectivity index (χ2v) is 6.51. The largest absolute Gasteiger partial charge is 1.00 e. The molecule has 6 heteroatoms. The van der Waals surface area contributed by atoms with E-state index in [-0.39, 0.29) is 18.9 Å². The van der Waals surface area contributed by atoms with Crippen LogP contribution in [0.3, 0.4) is 0 Å². The topological polar surface area (TPSA) is 41.8 Å². The van der Waals surface area contributed by atoms with Crippen molar-refractivity contribution >= 4 is 8.80 Å². The minimum atomic E-state index is -2.35. The van der Waals surface area contributed by atoms with Gasteiger partial charge in [0.25, 0.3) is 0 Å². The second kappa shape index (κ2) is 12.1. The maximum atomic E-state index is 5.32. The molecule has 0 aliphatic carbocycles. The van der Waals surface area contributed by atoms with Crippen LogP contribution in [0.15, 0.2) is 0 Å².